The predicted octanol–water partition coefficient (Wildman–Crippen LogP) is 1.26. The SMILES string of the molecule is CC1CC(=O)OC2CC(NC(=O)C3CCOC3)CCC12. The number of esters is 1. The maximum Gasteiger partial charge on any atom is 0.306 e. The fraction of sp³-hybridized carbons (Fsp3) is 0.867. The molecule has 0 aromatic carbocycles. The third-order valence-corrected chi connectivity index (χ3v) is 4.99. The molecule has 5 atom stereocenters. The van der Waals surface area contributed by atoms with E-state index in [1.807, 2.05) is 0 Å². The highest BCUT2D eigenvalue weighted by atomic mass is 16.5. The van der Waals surface area contributed by atoms with E-state index >= 15 is 0 Å². The molecule has 20 heavy (non-hydrogen) atoms. The fourth-order valence-corrected chi connectivity index (χ4v) is 3.76. The van der Waals surface area contributed by atoms with Gasteiger partial charge in [0.05, 0.1) is 12.5 Å². The number of amides is 1. The maximum absolute atomic E-state index is 12.1. The smallest absolute Gasteiger partial charge is 0.306 e. The molecule has 5 heteroatoms. The first-order chi connectivity index (χ1) is 9.63. The van der Waals surface area contributed by atoms with Crippen LogP contribution in [-0.4, -0.2) is 37.2 Å². The minimum atomic E-state index is -0.0880. The molecule has 112 valence electrons. The van der Waals surface area contributed by atoms with Crippen LogP contribution in [-0.2, 0) is 19.1 Å². The van der Waals surface area contributed by atoms with Gasteiger partial charge in [-0.1, -0.05) is 6.92 Å². The van der Waals surface area contributed by atoms with Crippen LogP contribution < -0.4 is 5.32 Å². The first-order valence-corrected chi connectivity index (χ1v) is 7.71. The zero-order chi connectivity index (χ0) is 14.1. The molecule has 1 saturated carbocycles. The van der Waals surface area contributed by atoms with Crippen LogP contribution in [0.5, 0.6) is 0 Å². The molecule has 0 aromatic rings. The second-order valence-electron chi connectivity index (χ2n) is 6.45. The van der Waals surface area contributed by atoms with Gasteiger partial charge in [0, 0.05) is 25.5 Å². The average Bonchev–Trinajstić information content (AvgIpc) is 2.91. The van der Waals surface area contributed by atoms with Crippen LogP contribution in [0.25, 0.3) is 0 Å². The Kier molecular flexibility index (Phi) is 3.96. The van der Waals surface area contributed by atoms with Crippen molar-refractivity contribution < 1.29 is 19.1 Å². The molecule has 5 nitrogen and oxygen atoms in total. The number of rotatable bonds is 2. The summed E-state index contributed by atoms with van der Waals surface area (Å²) in [5.74, 6) is 0.883. The first kappa shape index (κ1) is 13.9. The summed E-state index contributed by atoms with van der Waals surface area (Å²) in [6.07, 6.45) is 4.13. The molecule has 3 fully saturated rings. The molecule has 0 bridgehead atoms. The standard InChI is InChI=1S/C15H23NO4/c1-9-6-14(17)20-13-7-11(2-3-12(9)13)16-15(18)10-4-5-19-8-10/h9-13H,2-8H2,1H3,(H,16,18). The molecule has 3 aliphatic rings. The van der Waals surface area contributed by atoms with Gasteiger partial charge in [0.25, 0.3) is 0 Å². The lowest BCUT2D eigenvalue weighted by Crippen LogP contribution is -2.49. The van der Waals surface area contributed by atoms with Crippen LogP contribution in [0.4, 0.5) is 0 Å². The van der Waals surface area contributed by atoms with E-state index in [2.05, 4.69) is 12.2 Å². The second-order valence-corrected chi connectivity index (χ2v) is 6.45. The molecular formula is C15H23NO4. The van der Waals surface area contributed by atoms with Gasteiger partial charge in [0.15, 0.2) is 0 Å². The summed E-state index contributed by atoms with van der Waals surface area (Å²) >= 11 is 0. The number of fused-ring (bicyclic) bond motifs is 1. The Morgan fingerprint density at radius 2 is 2.15 bits per heavy atom. The molecule has 1 N–H and O–H groups in total. The number of carbonyl (C=O) groups is 2. The van der Waals surface area contributed by atoms with Gasteiger partial charge < -0.3 is 14.8 Å². The summed E-state index contributed by atoms with van der Waals surface area (Å²) in [4.78, 5) is 23.6. The van der Waals surface area contributed by atoms with Gasteiger partial charge in [-0.15, -0.1) is 0 Å². The van der Waals surface area contributed by atoms with Crippen molar-refractivity contribution in [3.05, 3.63) is 0 Å². The molecule has 0 spiro atoms. The third kappa shape index (κ3) is 2.82. The van der Waals surface area contributed by atoms with E-state index in [1.165, 1.54) is 0 Å². The molecule has 0 radical (unpaired) electrons. The summed E-state index contributed by atoms with van der Waals surface area (Å²) in [5.41, 5.74) is 0. The van der Waals surface area contributed by atoms with Crippen molar-refractivity contribution in [2.45, 2.75) is 51.2 Å². The average molecular weight is 281 g/mol. The van der Waals surface area contributed by atoms with Crippen LogP contribution in [0.1, 0.15) is 39.0 Å². The van der Waals surface area contributed by atoms with E-state index in [0.29, 0.717) is 31.5 Å². The second kappa shape index (κ2) is 5.72. The number of carbonyl (C=O) groups excluding carboxylic acids is 2. The Morgan fingerprint density at radius 3 is 2.90 bits per heavy atom. The third-order valence-electron chi connectivity index (χ3n) is 4.99. The quantitative estimate of drug-likeness (QED) is 0.774. The molecule has 1 amide bonds. The largest absolute Gasteiger partial charge is 0.462 e. The number of ether oxygens (including phenoxy) is 2. The summed E-state index contributed by atoms with van der Waals surface area (Å²) in [6, 6.07) is 0.141. The van der Waals surface area contributed by atoms with Gasteiger partial charge in [-0.3, -0.25) is 9.59 Å². The van der Waals surface area contributed by atoms with E-state index in [-0.39, 0.29) is 29.9 Å². The summed E-state index contributed by atoms with van der Waals surface area (Å²) in [7, 11) is 0. The van der Waals surface area contributed by atoms with Gasteiger partial charge in [-0.25, -0.2) is 0 Å². The molecule has 5 unspecified atom stereocenters. The van der Waals surface area contributed by atoms with Crippen LogP contribution in [0.3, 0.4) is 0 Å². The Hall–Kier alpha value is -1.10. The molecule has 2 saturated heterocycles. The molecule has 2 heterocycles. The highest BCUT2D eigenvalue weighted by molar-refractivity contribution is 5.79. The van der Waals surface area contributed by atoms with E-state index in [1.54, 1.807) is 0 Å². The van der Waals surface area contributed by atoms with Crippen molar-refractivity contribution >= 4 is 11.9 Å². The Labute approximate surface area is 119 Å². The lowest BCUT2D eigenvalue weighted by Gasteiger charge is -2.42. The summed E-state index contributed by atoms with van der Waals surface area (Å²) < 4.78 is 10.7. The van der Waals surface area contributed by atoms with Crippen molar-refractivity contribution in [2.75, 3.05) is 13.2 Å². The Bertz CT molecular complexity index is 391. The van der Waals surface area contributed by atoms with Crippen LogP contribution in [0, 0.1) is 17.8 Å². The summed E-state index contributed by atoms with van der Waals surface area (Å²) in [5, 5.41) is 3.11. The van der Waals surface area contributed by atoms with Gasteiger partial charge in [0.2, 0.25) is 5.91 Å². The van der Waals surface area contributed by atoms with Crippen molar-refractivity contribution in [1.29, 1.82) is 0 Å². The minimum Gasteiger partial charge on any atom is -0.462 e. The normalized spacial score (nSPS) is 40.9. The number of nitrogens with one attached hydrogen (secondary N) is 1. The molecular weight excluding hydrogens is 258 g/mol. The van der Waals surface area contributed by atoms with Crippen molar-refractivity contribution in [3.8, 4) is 0 Å². The fourth-order valence-electron chi connectivity index (χ4n) is 3.76. The predicted molar refractivity (Wildman–Crippen MR) is 71.9 cm³/mol. The van der Waals surface area contributed by atoms with E-state index in [0.717, 1.165) is 25.7 Å². The Morgan fingerprint density at radius 1 is 1.30 bits per heavy atom. The first-order valence-electron chi connectivity index (χ1n) is 7.71. The van der Waals surface area contributed by atoms with Crippen molar-refractivity contribution in [3.63, 3.8) is 0 Å². The molecule has 2 aliphatic heterocycles. The zero-order valence-electron chi connectivity index (χ0n) is 12.0. The summed E-state index contributed by atoms with van der Waals surface area (Å²) in [6.45, 7) is 3.35. The zero-order valence-corrected chi connectivity index (χ0v) is 12.0. The molecule has 0 aromatic heterocycles. The molecule has 1 aliphatic carbocycles. The number of hydrogen-bond acceptors (Lipinski definition) is 4. The van der Waals surface area contributed by atoms with E-state index in [9.17, 15) is 9.59 Å². The monoisotopic (exact) mass is 281 g/mol. The lowest BCUT2D eigenvalue weighted by molar-refractivity contribution is -0.166. The lowest BCUT2D eigenvalue weighted by atomic mass is 9.74. The van der Waals surface area contributed by atoms with Gasteiger partial charge >= 0.3 is 5.97 Å². The van der Waals surface area contributed by atoms with E-state index in [4.69, 9.17) is 9.47 Å². The van der Waals surface area contributed by atoms with Crippen molar-refractivity contribution in [1.82, 2.24) is 5.32 Å². The molecule has 3 rings (SSSR count). The van der Waals surface area contributed by atoms with Gasteiger partial charge in [-0.2, -0.15) is 0 Å². The topological polar surface area (TPSA) is 64.6 Å². The maximum atomic E-state index is 12.1. The van der Waals surface area contributed by atoms with Crippen LogP contribution in [0.15, 0.2) is 0 Å². The van der Waals surface area contributed by atoms with Gasteiger partial charge in [0.1, 0.15) is 6.10 Å². The number of hydrogen-bond donors (Lipinski definition) is 1. The van der Waals surface area contributed by atoms with Crippen LogP contribution in [0.2, 0.25) is 0 Å². The van der Waals surface area contributed by atoms with Crippen molar-refractivity contribution in [2.24, 2.45) is 17.8 Å². The highest BCUT2D eigenvalue weighted by Crippen LogP contribution is 2.37. The van der Waals surface area contributed by atoms with Crippen LogP contribution >= 0.6 is 0 Å². The highest BCUT2D eigenvalue weighted by Gasteiger charge is 2.41. The van der Waals surface area contributed by atoms with E-state index < -0.39 is 0 Å². The van der Waals surface area contributed by atoms with Gasteiger partial charge in [-0.05, 0) is 31.1 Å². The minimum absolute atomic E-state index is 0.000512. The Balaban J connectivity index is 1.55.